The normalized spacial score (nSPS) is 16.9. The number of carbonyl (C=O) groups excluding carboxylic acids is 1. The lowest BCUT2D eigenvalue weighted by Gasteiger charge is -2.24. The van der Waals surface area contributed by atoms with E-state index in [1.54, 1.807) is 12.4 Å². The number of amides is 1. The second kappa shape index (κ2) is 9.25. The van der Waals surface area contributed by atoms with Gasteiger partial charge < -0.3 is 10.1 Å². The van der Waals surface area contributed by atoms with Crippen LogP contribution in [0, 0.1) is 0 Å². The molecule has 1 fully saturated rings. The van der Waals surface area contributed by atoms with Crippen molar-refractivity contribution in [2.75, 3.05) is 19.7 Å². The van der Waals surface area contributed by atoms with E-state index in [4.69, 9.17) is 4.74 Å². The van der Waals surface area contributed by atoms with Gasteiger partial charge in [-0.2, -0.15) is 0 Å². The van der Waals surface area contributed by atoms with Gasteiger partial charge in [0, 0.05) is 38.3 Å². The first-order valence-corrected chi connectivity index (χ1v) is 8.69. The monoisotopic (exact) mass is 340 g/mol. The van der Waals surface area contributed by atoms with Gasteiger partial charge in [-0.3, -0.25) is 19.7 Å². The topological polar surface area (TPSA) is 67.4 Å². The molecule has 0 aliphatic carbocycles. The van der Waals surface area contributed by atoms with E-state index in [1.165, 1.54) is 0 Å². The summed E-state index contributed by atoms with van der Waals surface area (Å²) < 4.78 is 5.73. The maximum atomic E-state index is 12.4. The van der Waals surface area contributed by atoms with Crippen molar-refractivity contribution in [1.82, 2.24) is 20.2 Å². The van der Waals surface area contributed by atoms with Crippen molar-refractivity contribution >= 4 is 5.91 Å². The first-order valence-electron chi connectivity index (χ1n) is 8.69. The van der Waals surface area contributed by atoms with Gasteiger partial charge in [0.2, 0.25) is 5.91 Å². The summed E-state index contributed by atoms with van der Waals surface area (Å²) in [6.45, 7) is 3.04. The lowest BCUT2D eigenvalue weighted by Crippen LogP contribution is -2.40. The first-order chi connectivity index (χ1) is 12.3. The van der Waals surface area contributed by atoms with Crippen LogP contribution in [-0.4, -0.2) is 46.6 Å². The predicted octanol–water partition coefficient (Wildman–Crippen LogP) is 1.77. The molecule has 0 aromatic carbocycles. The van der Waals surface area contributed by atoms with Crippen LogP contribution in [0.1, 0.15) is 24.1 Å². The maximum Gasteiger partial charge on any atom is 0.234 e. The summed E-state index contributed by atoms with van der Waals surface area (Å²) in [6.07, 6.45) is 7.69. The molecule has 25 heavy (non-hydrogen) atoms. The van der Waals surface area contributed by atoms with Gasteiger partial charge in [0.25, 0.3) is 0 Å². The Morgan fingerprint density at radius 1 is 1.28 bits per heavy atom. The highest BCUT2D eigenvalue weighted by molar-refractivity contribution is 5.77. The van der Waals surface area contributed by atoms with Crippen LogP contribution < -0.4 is 5.32 Å². The molecule has 2 aromatic heterocycles. The molecule has 132 valence electrons. The standard InChI is InChI=1S/C19H24N4O2/c24-19(22-12-17-6-1-2-9-21-17)15-23(14-18-7-4-10-25-18)13-16-5-3-8-20-11-16/h1-3,5-6,8-9,11,18H,4,7,10,12-15H2,(H,22,24). The molecule has 1 aliphatic rings. The minimum atomic E-state index is -0.00691. The molecule has 1 amide bonds. The number of aromatic nitrogens is 2. The van der Waals surface area contributed by atoms with Crippen molar-refractivity contribution < 1.29 is 9.53 Å². The van der Waals surface area contributed by atoms with Gasteiger partial charge >= 0.3 is 0 Å². The molecule has 1 N–H and O–H groups in total. The summed E-state index contributed by atoms with van der Waals surface area (Å²) in [4.78, 5) is 22.9. The number of ether oxygens (including phenoxy) is 1. The summed E-state index contributed by atoms with van der Waals surface area (Å²) in [6, 6.07) is 9.63. The second-order valence-corrected chi connectivity index (χ2v) is 6.26. The number of nitrogens with zero attached hydrogens (tertiary/aromatic N) is 3. The van der Waals surface area contributed by atoms with Crippen LogP contribution in [0.2, 0.25) is 0 Å². The number of carbonyl (C=O) groups is 1. The van der Waals surface area contributed by atoms with E-state index in [-0.39, 0.29) is 12.0 Å². The molecular weight excluding hydrogens is 316 g/mol. The molecule has 3 heterocycles. The Morgan fingerprint density at radius 3 is 2.96 bits per heavy atom. The Morgan fingerprint density at radius 2 is 2.24 bits per heavy atom. The molecule has 0 spiro atoms. The summed E-state index contributed by atoms with van der Waals surface area (Å²) in [7, 11) is 0. The van der Waals surface area contributed by atoms with Crippen molar-refractivity contribution in [2.45, 2.75) is 32.0 Å². The van der Waals surface area contributed by atoms with Crippen LogP contribution in [0.3, 0.4) is 0 Å². The second-order valence-electron chi connectivity index (χ2n) is 6.26. The molecule has 2 aromatic rings. The average molecular weight is 340 g/mol. The van der Waals surface area contributed by atoms with Crippen LogP contribution >= 0.6 is 0 Å². The number of hydrogen-bond acceptors (Lipinski definition) is 5. The summed E-state index contributed by atoms with van der Waals surface area (Å²) in [5.41, 5.74) is 1.95. The number of nitrogens with one attached hydrogen (secondary N) is 1. The Kier molecular flexibility index (Phi) is 6.48. The van der Waals surface area contributed by atoms with Crippen LogP contribution in [0.4, 0.5) is 0 Å². The summed E-state index contributed by atoms with van der Waals surface area (Å²) >= 11 is 0. The zero-order valence-electron chi connectivity index (χ0n) is 14.3. The molecule has 0 radical (unpaired) electrons. The SMILES string of the molecule is O=C(CN(Cc1cccnc1)CC1CCCO1)NCc1ccccn1. The van der Waals surface area contributed by atoms with Gasteiger partial charge in [0.05, 0.1) is 24.9 Å². The number of hydrogen-bond donors (Lipinski definition) is 1. The fourth-order valence-electron chi connectivity index (χ4n) is 2.96. The van der Waals surface area contributed by atoms with Gasteiger partial charge in [-0.05, 0) is 36.6 Å². The number of pyridine rings is 2. The first kappa shape index (κ1) is 17.5. The predicted molar refractivity (Wildman–Crippen MR) is 94.6 cm³/mol. The number of rotatable bonds is 8. The van der Waals surface area contributed by atoms with E-state index >= 15 is 0 Å². The third-order valence-electron chi connectivity index (χ3n) is 4.17. The van der Waals surface area contributed by atoms with Crippen molar-refractivity contribution in [3.63, 3.8) is 0 Å². The molecule has 1 aliphatic heterocycles. The highest BCUT2D eigenvalue weighted by Gasteiger charge is 2.21. The molecule has 0 bridgehead atoms. The zero-order valence-corrected chi connectivity index (χ0v) is 14.3. The largest absolute Gasteiger partial charge is 0.377 e. The van der Waals surface area contributed by atoms with E-state index < -0.39 is 0 Å². The van der Waals surface area contributed by atoms with Crippen LogP contribution in [0.5, 0.6) is 0 Å². The van der Waals surface area contributed by atoms with E-state index in [9.17, 15) is 4.79 Å². The average Bonchev–Trinajstić information content (AvgIpc) is 3.15. The molecule has 1 saturated heterocycles. The van der Waals surface area contributed by atoms with Crippen molar-refractivity contribution in [3.05, 3.63) is 60.2 Å². The minimum Gasteiger partial charge on any atom is -0.377 e. The van der Waals surface area contributed by atoms with Gasteiger partial charge in [0.1, 0.15) is 0 Å². The van der Waals surface area contributed by atoms with Crippen LogP contribution in [0.15, 0.2) is 48.9 Å². The summed E-state index contributed by atoms with van der Waals surface area (Å²) in [5.74, 6) is -0.00691. The van der Waals surface area contributed by atoms with E-state index in [0.717, 1.165) is 37.3 Å². The molecule has 0 saturated carbocycles. The molecule has 3 rings (SSSR count). The molecule has 1 unspecified atom stereocenters. The van der Waals surface area contributed by atoms with Gasteiger partial charge in [-0.25, -0.2) is 0 Å². The molecule has 6 heteroatoms. The fourth-order valence-corrected chi connectivity index (χ4v) is 2.96. The Labute approximate surface area is 148 Å². The zero-order chi connectivity index (χ0) is 17.3. The van der Waals surface area contributed by atoms with Gasteiger partial charge in [-0.1, -0.05) is 12.1 Å². The Bertz CT molecular complexity index is 645. The third kappa shape index (κ3) is 5.92. The lowest BCUT2D eigenvalue weighted by atomic mass is 10.2. The van der Waals surface area contributed by atoms with Gasteiger partial charge in [0.15, 0.2) is 0 Å². The highest BCUT2D eigenvalue weighted by Crippen LogP contribution is 2.14. The van der Waals surface area contributed by atoms with Crippen molar-refractivity contribution in [1.29, 1.82) is 0 Å². The van der Waals surface area contributed by atoms with Crippen molar-refractivity contribution in [3.8, 4) is 0 Å². The highest BCUT2D eigenvalue weighted by atomic mass is 16.5. The lowest BCUT2D eigenvalue weighted by molar-refractivity contribution is -0.122. The molecule has 6 nitrogen and oxygen atoms in total. The quantitative estimate of drug-likeness (QED) is 0.793. The minimum absolute atomic E-state index is 0.00691. The molecular formula is C19H24N4O2. The van der Waals surface area contributed by atoms with E-state index in [0.29, 0.717) is 19.6 Å². The Hall–Kier alpha value is -2.31. The van der Waals surface area contributed by atoms with Gasteiger partial charge in [-0.15, -0.1) is 0 Å². The Balaban J connectivity index is 1.54. The van der Waals surface area contributed by atoms with E-state index in [2.05, 4.69) is 20.2 Å². The fraction of sp³-hybridized carbons (Fsp3) is 0.421. The van der Waals surface area contributed by atoms with Crippen molar-refractivity contribution in [2.24, 2.45) is 0 Å². The third-order valence-corrected chi connectivity index (χ3v) is 4.17. The maximum absolute atomic E-state index is 12.4. The molecule has 1 atom stereocenters. The summed E-state index contributed by atoms with van der Waals surface area (Å²) in [5, 5.41) is 2.94. The van der Waals surface area contributed by atoms with E-state index in [1.807, 2.05) is 36.5 Å². The smallest absolute Gasteiger partial charge is 0.234 e. The van der Waals surface area contributed by atoms with Crippen LogP contribution in [0.25, 0.3) is 0 Å². The van der Waals surface area contributed by atoms with Crippen LogP contribution in [-0.2, 0) is 22.6 Å².